The van der Waals surface area contributed by atoms with Crippen LogP contribution in [0.25, 0.3) is 0 Å². The molecule has 2 aromatic carbocycles. The van der Waals surface area contributed by atoms with E-state index in [4.69, 9.17) is 17.0 Å². The third-order valence-electron chi connectivity index (χ3n) is 4.47. The summed E-state index contributed by atoms with van der Waals surface area (Å²) >= 11 is 9.49. The summed E-state index contributed by atoms with van der Waals surface area (Å²) in [5.41, 5.74) is 1.12. The maximum absolute atomic E-state index is 13.2. The maximum Gasteiger partial charge on any atom is 0.244 e. The van der Waals surface area contributed by atoms with Crippen LogP contribution in [-0.4, -0.2) is 51.2 Å². The first-order chi connectivity index (χ1) is 14.7. The highest BCUT2D eigenvalue weighted by Crippen LogP contribution is 2.38. The number of hydrogen-bond acceptors (Lipinski definition) is 6. The van der Waals surface area contributed by atoms with Crippen molar-refractivity contribution in [1.82, 2.24) is 9.62 Å². The minimum absolute atomic E-state index is 0.0362. The molecule has 6 nitrogen and oxygen atoms in total. The van der Waals surface area contributed by atoms with E-state index in [9.17, 15) is 8.42 Å². The molecule has 0 atom stereocenters. The van der Waals surface area contributed by atoms with Gasteiger partial charge in [-0.3, -0.25) is 0 Å². The molecule has 2 rings (SSSR count). The normalized spacial score (nSPS) is 11.5. The molecule has 2 N–H and O–H groups in total. The molecule has 0 aliphatic heterocycles. The molecule has 0 heterocycles. The van der Waals surface area contributed by atoms with E-state index in [0.29, 0.717) is 40.7 Å². The van der Waals surface area contributed by atoms with E-state index >= 15 is 0 Å². The molecule has 0 fully saturated rings. The van der Waals surface area contributed by atoms with Gasteiger partial charge in [-0.05, 0) is 57.7 Å². The highest BCUT2D eigenvalue weighted by atomic mass is 32.2. The zero-order chi connectivity index (χ0) is 22.9. The minimum atomic E-state index is -3.85. The van der Waals surface area contributed by atoms with Crippen LogP contribution in [0.4, 0.5) is 5.69 Å². The summed E-state index contributed by atoms with van der Waals surface area (Å²) in [5.74, 6) is 0.794. The number of benzene rings is 2. The van der Waals surface area contributed by atoms with Crippen molar-refractivity contribution < 1.29 is 13.2 Å². The molecular formula is C22H31N3O3S3. The van der Waals surface area contributed by atoms with Crippen molar-refractivity contribution in [2.45, 2.75) is 31.1 Å². The van der Waals surface area contributed by atoms with Crippen molar-refractivity contribution >= 4 is 44.8 Å². The molecule has 0 aromatic heterocycles. The first kappa shape index (κ1) is 25.6. The largest absolute Gasteiger partial charge is 0.454 e. The van der Waals surface area contributed by atoms with E-state index in [0.717, 1.165) is 19.4 Å². The summed E-state index contributed by atoms with van der Waals surface area (Å²) < 4.78 is 35.6. The van der Waals surface area contributed by atoms with Gasteiger partial charge in [-0.15, -0.1) is 12.6 Å². The predicted octanol–water partition coefficient (Wildman–Crippen LogP) is 4.53. The number of anilines is 1. The summed E-state index contributed by atoms with van der Waals surface area (Å²) in [6, 6.07) is 12.4. The van der Waals surface area contributed by atoms with E-state index in [1.165, 1.54) is 6.07 Å². The second-order valence-electron chi connectivity index (χ2n) is 7.41. The van der Waals surface area contributed by atoms with Crippen molar-refractivity contribution in [3.63, 3.8) is 0 Å². The lowest BCUT2D eigenvalue weighted by molar-refractivity contribution is 0.400. The lowest BCUT2D eigenvalue weighted by atomic mass is 10.2. The Morgan fingerprint density at radius 1 is 1.13 bits per heavy atom. The number of sulfonamides is 1. The van der Waals surface area contributed by atoms with Gasteiger partial charge in [0.25, 0.3) is 0 Å². The molecule has 0 aliphatic carbocycles. The number of nitrogens with one attached hydrogen (secondary N) is 2. The second-order valence-corrected chi connectivity index (χ2v) is 10.3. The van der Waals surface area contributed by atoms with Gasteiger partial charge in [0.1, 0.15) is 10.6 Å². The van der Waals surface area contributed by atoms with Crippen molar-refractivity contribution in [1.29, 1.82) is 0 Å². The third-order valence-corrected chi connectivity index (χ3v) is 6.43. The number of nitrogens with zero attached hydrogens (tertiary/aromatic N) is 1. The fourth-order valence-electron chi connectivity index (χ4n) is 2.85. The average Bonchev–Trinajstić information content (AvgIpc) is 2.72. The zero-order valence-corrected chi connectivity index (χ0v) is 20.7. The summed E-state index contributed by atoms with van der Waals surface area (Å²) in [5, 5.41) is 3.31. The lowest BCUT2D eigenvalue weighted by Crippen LogP contribution is -2.28. The van der Waals surface area contributed by atoms with Gasteiger partial charge in [0.2, 0.25) is 10.0 Å². The van der Waals surface area contributed by atoms with Gasteiger partial charge < -0.3 is 15.0 Å². The maximum atomic E-state index is 13.2. The van der Waals surface area contributed by atoms with E-state index < -0.39 is 10.0 Å². The number of rotatable bonds is 13. The summed E-state index contributed by atoms with van der Waals surface area (Å²) in [6.07, 6.45) is 2.63. The minimum Gasteiger partial charge on any atom is -0.454 e. The number of ether oxygens (including phenoxy) is 1. The quantitative estimate of drug-likeness (QED) is 0.222. The van der Waals surface area contributed by atoms with Crippen LogP contribution in [0.3, 0.4) is 0 Å². The van der Waals surface area contributed by atoms with Crippen molar-refractivity contribution in [3.05, 3.63) is 48.0 Å². The van der Waals surface area contributed by atoms with Crippen LogP contribution in [0, 0.1) is 0 Å². The average molecular weight is 482 g/mol. The standard InChI is InChI=1S/C22H31N3O3S3/c1-4-5-12-23-19-15-17(22(29)30)16-20(21(19)28-18-10-7-6-8-11-18)31(26,27)24-13-9-14-25(2)3/h6-8,10-11,15-16,23-24H,4-5,9,12-14H2,1-3H3,(H,29,30). The molecule has 9 heteroatoms. The molecule has 0 unspecified atom stereocenters. The zero-order valence-electron chi connectivity index (χ0n) is 18.2. The molecule has 0 saturated carbocycles. The lowest BCUT2D eigenvalue weighted by Gasteiger charge is -2.19. The van der Waals surface area contributed by atoms with Crippen molar-refractivity contribution in [3.8, 4) is 11.5 Å². The smallest absolute Gasteiger partial charge is 0.244 e. The number of unbranched alkanes of at least 4 members (excludes halogenated alkanes) is 1. The van der Waals surface area contributed by atoms with Gasteiger partial charge in [0.15, 0.2) is 5.75 Å². The van der Waals surface area contributed by atoms with Gasteiger partial charge >= 0.3 is 0 Å². The Balaban J connectivity index is 2.49. The Bertz CT molecular complexity index is 965. The van der Waals surface area contributed by atoms with Crippen LogP contribution < -0.4 is 14.8 Å². The topological polar surface area (TPSA) is 70.7 Å². The fraction of sp³-hybridized carbons (Fsp3) is 0.409. The Kier molecular flexibility index (Phi) is 10.2. The fourth-order valence-corrected chi connectivity index (χ4v) is 4.34. The summed E-state index contributed by atoms with van der Waals surface area (Å²) in [6.45, 7) is 3.87. The predicted molar refractivity (Wildman–Crippen MR) is 135 cm³/mol. The second kappa shape index (κ2) is 12.4. The molecule has 0 saturated heterocycles. The van der Waals surface area contributed by atoms with Crippen molar-refractivity contribution in [2.75, 3.05) is 39.0 Å². The van der Waals surface area contributed by atoms with Gasteiger partial charge in [0, 0.05) is 18.7 Å². The Labute approximate surface area is 196 Å². The van der Waals surface area contributed by atoms with Gasteiger partial charge in [-0.25, -0.2) is 13.1 Å². The molecule has 0 bridgehead atoms. The molecule has 31 heavy (non-hydrogen) atoms. The van der Waals surface area contributed by atoms with Gasteiger partial charge in [-0.2, -0.15) is 0 Å². The van der Waals surface area contributed by atoms with Crippen LogP contribution in [0.15, 0.2) is 47.4 Å². The van der Waals surface area contributed by atoms with E-state index in [1.807, 2.05) is 37.2 Å². The number of thiol groups is 1. The molecular weight excluding hydrogens is 450 g/mol. The molecule has 0 radical (unpaired) electrons. The number of thiocarbonyl (C=S) groups is 1. The Morgan fingerprint density at radius 3 is 2.45 bits per heavy atom. The number of para-hydroxylation sites is 1. The van der Waals surface area contributed by atoms with E-state index in [1.54, 1.807) is 18.2 Å². The van der Waals surface area contributed by atoms with Crippen LogP contribution in [-0.2, 0) is 10.0 Å². The SMILES string of the molecule is CCCCNc1cc(C(=S)S)cc(S(=O)(=O)NCCCN(C)C)c1Oc1ccccc1. The number of hydrogen-bond donors (Lipinski definition) is 3. The van der Waals surface area contributed by atoms with E-state index in [2.05, 4.69) is 29.6 Å². The Morgan fingerprint density at radius 2 is 1.84 bits per heavy atom. The first-order valence-electron chi connectivity index (χ1n) is 10.3. The first-order valence-corrected chi connectivity index (χ1v) is 12.6. The third kappa shape index (κ3) is 8.08. The van der Waals surface area contributed by atoms with Crippen molar-refractivity contribution in [2.24, 2.45) is 0 Å². The van der Waals surface area contributed by atoms with Crippen LogP contribution >= 0.6 is 24.8 Å². The molecule has 170 valence electrons. The molecule has 0 spiro atoms. The summed E-state index contributed by atoms with van der Waals surface area (Å²) in [4.78, 5) is 2.04. The molecule has 0 amide bonds. The van der Waals surface area contributed by atoms with Gasteiger partial charge in [-0.1, -0.05) is 43.8 Å². The van der Waals surface area contributed by atoms with E-state index in [-0.39, 0.29) is 10.6 Å². The Hall–Kier alpha value is -1.65. The van der Waals surface area contributed by atoms with Crippen LogP contribution in [0.2, 0.25) is 0 Å². The van der Waals surface area contributed by atoms with Crippen LogP contribution in [0.5, 0.6) is 11.5 Å². The van der Waals surface area contributed by atoms with Gasteiger partial charge in [0.05, 0.1) is 9.88 Å². The molecule has 2 aromatic rings. The highest BCUT2D eigenvalue weighted by Gasteiger charge is 2.25. The highest BCUT2D eigenvalue weighted by molar-refractivity contribution is 8.11. The summed E-state index contributed by atoms with van der Waals surface area (Å²) in [7, 11) is 0.0549. The molecule has 0 aliphatic rings. The monoisotopic (exact) mass is 481 g/mol. The van der Waals surface area contributed by atoms with Crippen LogP contribution in [0.1, 0.15) is 31.7 Å².